The first-order valence-electron chi connectivity index (χ1n) is 8.40. The normalized spacial score (nSPS) is 10.9. The van der Waals surface area contributed by atoms with Gasteiger partial charge in [0.05, 0.1) is 21.9 Å². The first-order valence-corrected chi connectivity index (χ1v) is 9.88. The van der Waals surface area contributed by atoms with E-state index in [1.165, 1.54) is 30.3 Å². The van der Waals surface area contributed by atoms with Gasteiger partial charge in [0.1, 0.15) is 13.2 Å². The minimum atomic E-state index is -3.86. The van der Waals surface area contributed by atoms with E-state index in [0.717, 1.165) is 5.56 Å². The van der Waals surface area contributed by atoms with Crippen molar-refractivity contribution < 1.29 is 27.7 Å². The number of hydrogen-bond acceptors (Lipinski definition) is 7. The molecular weight excluding hydrogens is 402 g/mol. The molecule has 0 radical (unpaired) electrons. The van der Waals surface area contributed by atoms with E-state index in [0.29, 0.717) is 0 Å². The molecule has 10 nitrogen and oxygen atoms in total. The van der Waals surface area contributed by atoms with Crippen LogP contribution in [0, 0.1) is 17.0 Å². The lowest BCUT2D eigenvalue weighted by Gasteiger charge is -2.09. The lowest BCUT2D eigenvalue weighted by molar-refractivity contribution is -0.385. The molecule has 0 aliphatic heterocycles. The minimum Gasteiger partial charge on any atom is -0.459 e. The Kier molecular flexibility index (Phi) is 7.39. The lowest BCUT2D eigenvalue weighted by Crippen LogP contribution is -2.39. The predicted octanol–water partition coefficient (Wildman–Crippen LogP) is 1.04. The van der Waals surface area contributed by atoms with Crippen LogP contribution in [0.1, 0.15) is 11.1 Å². The Morgan fingerprint density at radius 1 is 1.07 bits per heavy atom. The number of carbonyl (C=O) groups is 2. The van der Waals surface area contributed by atoms with Crippen molar-refractivity contribution in [2.75, 3.05) is 13.1 Å². The number of para-hydroxylation sites is 1. The van der Waals surface area contributed by atoms with Crippen molar-refractivity contribution in [2.45, 2.75) is 18.4 Å². The van der Waals surface area contributed by atoms with Crippen molar-refractivity contribution in [1.29, 1.82) is 0 Å². The van der Waals surface area contributed by atoms with E-state index in [-0.39, 0.29) is 22.8 Å². The van der Waals surface area contributed by atoms with Crippen molar-refractivity contribution in [3.63, 3.8) is 0 Å². The maximum absolute atomic E-state index is 12.1. The molecule has 0 saturated heterocycles. The van der Waals surface area contributed by atoms with Gasteiger partial charge in [-0.25, -0.2) is 13.1 Å². The number of sulfonamides is 1. The summed E-state index contributed by atoms with van der Waals surface area (Å²) in [5.41, 5.74) is 0.916. The lowest BCUT2D eigenvalue weighted by atomic mass is 10.2. The van der Waals surface area contributed by atoms with Crippen molar-refractivity contribution in [3.8, 4) is 0 Å². The summed E-state index contributed by atoms with van der Waals surface area (Å²) < 4.78 is 31.2. The molecular formula is C18H19N3O7S. The van der Waals surface area contributed by atoms with E-state index in [2.05, 4.69) is 10.0 Å². The van der Waals surface area contributed by atoms with Crippen LogP contribution in [0.4, 0.5) is 5.69 Å². The van der Waals surface area contributed by atoms with Gasteiger partial charge in [-0.3, -0.25) is 19.7 Å². The van der Waals surface area contributed by atoms with Crippen LogP contribution in [0.2, 0.25) is 0 Å². The van der Waals surface area contributed by atoms with Crippen LogP contribution >= 0.6 is 0 Å². The number of amides is 1. The fourth-order valence-electron chi connectivity index (χ4n) is 2.21. The van der Waals surface area contributed by atoms with Gasteiger partial charge < -0.3 is 10.1 Å². The summed E-state index contributed by atoms with van der Waals surface area (Å²) in [6, 6.07) is 11.9. The molecule has 11 heteroatoms. The number of carbonyl (C=O) groups excluding carboxylic acids is 2. The zero-order valence-corrected chi connectivity index (χ0v) is 16.3. The first kappa shape index (κ1) is 22.0. The predicted molar refractivity (Wildman–Crippen MR) is 102 cm³/mol. The quantitative estimate of drug-likeness (QED) is 0.350. The third kappa shape index (κ3) is 6.66. The molecule has 154 valence electrons. The summed E-state index contributed by atoms with van der Waals surface area (Å²) in [7, 11) is -3.86. The first-order chi connectivity index (χ1) is 13.7. The maximum Gasteiger partial charge on any atom is 0.325 e. The number of rotatable bonds is 9. The van der Waals surface area contributed by atoms with Crippen LogP contribution in [0.3, 0.4) is 0 Å². The molecule has 29 heavy (non-hydrogen) atoms. The summed E-state index contributed by atoms with van der Waals surface area (Å²) in [6.45, 7) is 0.414. The van der Waals surface area contributed by atoms with Crippen LogP contribution in [0.15, 0.2) is 53.4 Å². The number of esters is 1. The van der Waals surface area contributed by atoms with Gasteiger partial charge >= 0.3 is 5.97 Å². The smallest absolute Gasteiger partial charge is 0.325 e. The molecule has 0 bridgehead atoms. The van der Waals surface area contributed by atoms with Gasteiger partial charge in [0, 0.05) is 6.07 Å². The highest BCUT2D eigenvalue weighted by atomic mass is 32.2. The summed E-state index contributed by atoms with van der Waals surface area (Å²) in [6.07, 6.45) is 0. The Balaban J connectivity index is 1.78. The second-order valence-corrected chi connectivity index (χ2v) is 7.73. The third-order valence-electron chi connectivity index (χ3n) is 3.76. The zero-order valence-electron chi connectivity index (χ0n) is 15.5. The standard InChI is InChI=1S/C18H19N3O7S/c1-13-6-8-15(9-7-13)29(26,27)20-10-17(22)19-11-18(23)28-12-14-4-2-3-5-16(14)21(24)25/h2-9,20H,10-12H2,1H3,(H,19,22). The number of ether oxygens (including phenoxy) is 1. The Labute approximate surface area is 167 Å². The van der Waals surface area contributed by atoms with E-state index >= 15 is 0 Å². The Hall–Kier alpha value is -3.31. The van der Waals surface area contributed by atoms with Gasteiger partial charge in [0.2, 0.25) is 15.9 Å². The van der Waals surface area contributed by atoms with Crippen molar-refractivity contribution in [2.24, 2.45) is 0 Å². The van der Waals surface area contributed by atoms with E-state index in [1.807, 2.05) is 6.92 Å². The van der Waals surface area contributed by atoms with E-state index in [9.17, 15) is 28.1 Å². The van der Waals surface area contributed by atoms with Crippen LogP contribution in [0.25, 0.3) is 0 Å². The van der Waals surface area contributed by atoms with Gasteiger partial charge in [-0.15, -0.1) is 0 Å². The number of nitro groups is 1. The van der Waals surface area contributed by atoms with E-state index in [1.54, 1.807) is 18.2 Å². The summed E-state index contributed by atoms with van der Waals surface area (Å²) in [4.78, 5) is 33.8. The van der Waals surface area contributed by atoms with Crippen LogP contribution in [0.5, 0.6) is 0 Å². The third-order valence-corrected chi connectivity index (χ3v) is 5.18. The number of benzene rings is 2. The summed E-state index contributed by atoms with van der Waals surface area (Å²) in [5, 5.41) is 13.1. The molecule has 0 aromatic heterocycles. The average molecular weight is 421 g/mol. The molecule has 1 amide bonds. The molecule has 0 aliphatic carbocycles. The van der Waals surface area contributed by atoms with E-state index < -0.39 is 39.9 Å². The largest absolute Gasteiger partial charge is 0.459 e. The monoisotopic (exact) mass is 421 g/mol. The molecule has 0 spiro atoms. The summed E-state index contributed by atoms with van der Waals surface area (Å²) >= 11 is 0. The van der Waals surface area contributed by atoms with Gasteiger partial charge in [0.15, 0.2) is 0 Å². The van der Waals surface area contributed by atoms with Gasteiger partial charge in [-0.2, -0.15) is 0 Å². The second-order valence-electron chi connectivity index (χ2n) is 5.96. The molecule has 0 saturated carbocycles. The maximum atomic E-state index is 12.1. The highest BCUT2D eigenvalue weighted by Gasteiger charge is 2.17. The molecule has 2 rings (SSSR count). The number of nitro benzene ring substituents is 1. The highest BCUT2D eigenvalue weighted by Crippen LogP contribution is 2.18. The number of nitrogens with one attached hydrogen (secondary N) is 2. The highest BCUT2D eigenvalue weighted by molar-refractivity contribution is 7.89. The van der Waals surface area contributed by atoms with Crippen molar-refractivity contribution in [1.82, 2.24) is 10.0 Å². The SMILES string of the molecule is Cc1ccc(S(=O)(=O)NCC(=O)NCC(=O)OCc2ccccc2[N+](=O)[O-])cc1. The molecule has 2 aromatic rings. The minimum absolute atomic E-state index is 0.0137. The zero-order chi connectivity index (χ0) is 21.4. The number of nitrogens with zero attached hydrogens (tertiary/aromatic N) is 1. The van der Waals surface area contributed by atoms with Crippen LogP contribution < -0.4 is 10.0 Å². The fraction of sp³-hybridized carbons (Fsp3) is 0.222. The Morgan fingerprint density at radius 3 is 2.38 bits per heavy atom. The molecule has 2 aromatic carbocycles. The topological polar surface area (TPSA) is 145 Å². The van der Waals surface area contributed by atoms with E-state index in [4.69, 9.17) is 4.74 Å². The second kappa shape index (κ2) is 9.75. The van der Waals surface area contributed by atoms with Crippen molar-refractivity contribution >= 4 is 27.6 Å². The van der Waals surface area contributed by atoms with Crippen LogP contribution in [-0.4, -0.2) is 38.3 Å². The molecule has 0 atom stereocenters. The molecule has 0 heterocycles. The van der Waals surface area contributed by atoms with Gasteiger partial charge in [-0.05, 0) is 25.1 Å². The molecule has 0 fully saturated rings. The molecule has 0 aliphatic rings. The Bertz CT molecular complexity index is 1000. The van der Waals surface area contributed by atoms with Crippen LogP contribution in [-0.2, 0) is 31.0 Å². The fourth-order valence-corrected chi connectivity index (χ4v) is 3.20. The Morgan fingerprint density at radius 2 is 1.72 bits per heavy atom. The summed E-state index contributed by atoms with van der Waals surface area (Å²) in [5.74, 6) is -1.55. The van der Waals surface area contributed by atoms with Gasteiger partial charge in [-0.1, -0.05) is 29.8 Å². The number of aryl methyl sites for hydroxylation is 1. The van der Waals surface area contributed by atoms with Gasteiger partial charge in [0.25, 0.3) is 5.69 Å². The average Bonchev–Trinajstić information content (AvgIpc) is 2.69. The van der Waals surface area contributed by atoms with Crippen molar-refractivity contribution in [3.05, 3.63) is 69.8 Å². The molecule has 2 N–H and O–H groups in total. The molecule has 0 unspecified atom stereocenters. The number of hydrogen-bond donors (Lipinski definition) is 2.